The quantitative estimate of drug-likeness (QED) is 0.580. The summed E-state index contributed by atoms with van der Waals surface area (Å²) in [5.41, 5.74) is 0. The van der Waals surface area contributed by atoms with Gasteiger partial charge in [0.2, 0.25) is 6.41 Å². The van der Waals surface area contributed by atoms with Gasteiger partial charge in [0, 0.05) is 13.1 Å². The van der Waals surface area contributed by atoms with Gasteiger partial charge in [0.15, 0.2) is 0 Å². The van der Waals surface area contributed by atoms with Crippen molar-refractivity contribution in [1.82, 2.24) is 4.90 Å². The summed E-state index contributed by atoms with van der Waals surface area (Å²) in [7, 11) is 0. The zero-order valence-electron chi connectivity index (χ0n) is 7.99. The topological polar surface area (TPSA) is 40.5 Å². The highest BCUT2D eigenvalue weighted by atomic mass is 16.3. The fourth-order valence-electron chi connectivity index (χ4n) is 0.936. The van der Waals surface area contributed by atoms with Crippen molar-refractivity contribution in [3.05, 3.63) is 0 Å². The Labute approximate surface area is 74.4 Å². The van der Waals surface area contributed by atoms with Crippen molar-refractivity contribution in [2.75, 3.05) is 19.7 Å². The second-order valence-electron chi connectivity index (χ2n) is 3.17. The molecule has 0 saturated carbocycles. The molecule has 72 valence electrons. The fraction of sp³-hybridized carbons (Fsp3) is 0.889. The van der Waals surface area contributed by atoms with Gasteiger partial charge in [0.1, 0.15) is 0 Å². The Bertz CT molecular complexity index is 117. The lowest BCUT2D eigenvalue weighted by molar-refractivity contribution is -0.118. The molecule has 3 heteroatoms. The van der Waals surface area contributed by atoms with Crippen molar-refractivity contribution in [3.63, 3.8) is 0 Å². The van der Waals surface area contributed by atoms with Crippen LogP contribution in [0.3, 0.4) is 0 Å². The van der Waals surface area contributed by atoms with Crippen LogP contribution in [0.4, 0.5) is 0 Å². The highest BCUT2D eigenvalue weighted by Gasteiger charge is 2.03. The van der Waals surface area contributed by atoms with Crippen LogP contribution in [-0.4, -0.2) is 36.1 Å². The van der Waals surface area contributed by atoms with E-state index in [0.717, 1.165) is 25.8 Å². The normalized spacial score (nSPS) is 12.6. The summed E-state index contributed by atoms with van der Waals surface area (Å²) in [5.74, 6) is 0.658. The lowest BCUT2D eigenvalue weighted by Gasteiger charge is -2.17. The smallest absolute Gasteiger partial charge is 0.209 e. The Kier molecular flexibility index (Phi) is 6.76. The molecule has 0 fully saturated rings. The predicted molar refractivity (Wildman–Crippen MR) is 48.8 cm³/mol. The Morgan fingerprint density at radius 3 is 2.58 bits per heavy atom. The summed E-state index contributed by atoms with van der Waals surface area (Å²) in [6.45, 7) is 5.59. The van der Waals surface area contributed by atoms with E-state index >= 15 is 0 Å². The molecule has 1 unspecified atom stereocenters. The molecule has 0 spiro atoms. The average Bonchev–Trinajstić information content (AvgIpc) is 2.11. The highest BCUT2D eigenvalue weighted by molar-refractivity contribution is 5.46. The van der Waals surface area contributed by atoms with Gasteiger partial charge >= 0.3 is 0 Å². The van der Waals surface area contributed by atoms with E-state index in [0.29, 0.717) is 12.5 Å². The summed E-state index contributed by atoms with van der Waals surface area (Å²) in [6, 6.07) is 0. The van der Waals surface area contributed by atoms with Crippen LogP contribution in [0.25, 0.3) is 0 Å². The van der Waals surface area contributed by atoms with Gasteiger partial charge < -0.3 is 10.0 Å². The highest BCUT2D eigenvalue weighted by Crippen LogP contribution is 2.06. The van der Waals surface area contributed by atoms with E-state index in [9.17, 15) is 4.79 Å². The van der Waals surface area contributed by atoms with E-state index in [2.05, 4.69) is 13.8 Å². The van der Waals surface area contributed by atoms with Gasteiger partial charge in [-0.25, -0.2) is 0 Å². The number of amides is 1. The molecule has 0 aliphatic heterocycles. The third kappa shape index (κ3) is 5.13. The summed E-state index contributed by atoms with van der Waals surface area (Å²) < 4.78 is 0. The lowest BCUT2D eigenvalue weighted by Crippen LogP contribution is -2.27. The number of nitrogens with zero attached hydrogens (tertiary/aromatic N) is 1. The van der Waals surface area contributed by atoms with Crippen LogP contribution in [0.1, 0.15) is 26.7 Å². The van der Waals surface area contributed by atoms with Crippen LogP contribution in [-0.2, 0) is 4.79 Å². The Balaban J connectivity index is 3.49. The summed E-state index contributed by atoms with van der Waals surface area (Å²) in [6.07, 6.45) is 2.97. The minimum Gasteiger partial charge on any atom is -0.395 e. The third-order valence-corrected chi connectivity index (χ3v) is 2.14. The monoisotopic (exact) mass is 173 g/mol. The number of aliphatic hydroxyl groups is 1. The van der Waals surface area contributed by atoms with Crippen molar-refractivity contribution in [2.45, 2.75) is 26.7 Å². The molecule has 1 amide bonds. The molecule has 0 radical (unpaired) electrons. The molecular weight excluding hydrogens is 154 g/mol. The Morgan fingerprint density at radius 2 is 2.17 bits per heavy atom. The number of rotatable bonds is 7. The van der Waals surface area contributed by atoms with Crippen LogP contribution in [0.5, 0.6) is 0 Å². The van der Waals surface area contributed by atoms with E-state index in [-0.39, 0.29) is 6.61 Å². The van der Waals surface area contributed by atoms with E-state index < -0.39 is 0 Å². The molecule has 12 heavy (non-hydrogen) atoms. The molecule has 0 aliphatic rings. The van der Waals surface area contributed by atoms with Crippen molar-refractivity contribution in [1.29, 1.82) is 0 Å². The molecule has 0 aliphatic carbocycles. The molecular formula is C9H19NO2. The van der Waals surface area contributed by atoms with E-state index in [4.69, 9.17) is 5.11 Å². The van der Waals surface area contributed by atoms with E-state index in [1.54, 1.807) is 4.90 Å². The number of hydrogen-bond donors (Lipinski definition) is 1. The van der Waals surface area contributed by atoms with Gasteiger partial charge in [-0.05, 0) is 12.3 Å². The first-order chi connectivity index (χ1) is 5.74. The number of carbonyl (C=O) groups is 1. The second-order valence-corrected chi connectivity index (χ2v) is 3.17. The van der Waals surface area contributed by atoms with Crippen LogP contribution in [0.15, 0.2) is 0 Å². The molecule has 0 aromatic heterocycles. The number of hydrogen-bond acceptors (Lipinski definition) is 2. The maximum absolute atomic E-state index is 10.4. The number of carbonyl (C=O) groups excluding carboxylic acids is 1. The third-order valence-electron chi connectivity index (χ3n) is 2.14. The van der Waals surface area contributed by atoms with Gasteiger partial charge in [0.25, 0.3) is 0 Å². The number of aliphatic hydroxyl groups excluding tert-OH is 1. The summed E-state index contributed by atoms with van der Waals surface area (Å²) >= 11 is 0. The van der Waals surface area contributed by atoms with Crippen molar-refractivity contribution in [2.24, 2.45) is 5.92 Å². The zero-order chi connectivity index (χ0) is 9.40. The first-order valence-corrected chi connectivity index (χ1v) is 4.54. The largest absolute Gasteiger partial charge is 0.395 e. The molecule has 0 aromatic carbocycles. The van der Waals surface area contributed by atoms with Crippen LogP contribution in [0.2, 0.25) is 0 Å². The van der Waals surface area contributed by atoms with Gasteiger partial charge in [-0.15, -0.1) is 0 Å². The molecule has 1 N–H and O–H groups in total. The lowest BCUT2D eigenvalue weighted by atomic mass is 10.1. The van der Waals surface area contributed by atoms with Crippen molar-refractivity contribution >= 4 is 6.41 Å². The first kappa shape index (κ1) is 11.4. The Hall–Kier alpha value is -0.570. The SMILES string of the molecule is CCC(C)CCN(C=O)CCO. The summed E-state index contributed by atoms with van der Waals surface area (Å²) in [5, 5.41) is 8.59. The fourth-order valence-corrected chi connectivity index (χ4v) is 0.936. The maximum Gasteiger partial charge on any atom is 0.209 e. The average molecular weight is 173 g/mol. The van der Waals surface area contributed by atoms with Gasteiger partial charge in [0.05, 0.1) is 6.61 Å². The molecule has 0 aromatic rings. The molecule has 0 saturated heterocycles. The van der Waals surface area contributed by atoms with Crippen molar-refractivity contribution in [3.8, 4) is 0 Å². The molecule has 3 nitrogen and oxygen atoms in total. The zero-order valence-corrected chi connectivity index (χ0v) is 7.99. The van der Waals surface area contributed by atoms with E-state index in [1.165, 1.54) is 0 Å². The maximum atomic E-state index is 10.4. The minimum absolute atomic E-state index is 0.0548. The van der Waals surface area contributed by atoms with Crippen molar-refractivity contribution < 1.29 is 9.90 Å². The molecule has 1 atom stereocenters. The van der Waals surface area contributed by atoms with Crippen LogP contribution in [0, 0.1) is 5.92 Å². The Morgan fingerprint density at radius 1 is 1.50 bits per heavy atom. The molecule has 0 bridgehead atoms. The molecule has 0 heterocycles. The van der Waals surface area contributed by atoms with Crippen LogP contribution >= 0.6 is 0 Å². The standard InChI is InChI=1S/C9H19NO2/c1-3-9(2)4-5-10(8-12)6-7-11/h8-9,11H,3-7H2,1-2H3. The second kappa shape index (κ2) is 7.10. The predicted octanol–water partition coefficient (Wildman–Crippen LogP) is 0.873. The van der Waals surface area contributed by atoms with Gasteiger partial charge in [-0.2, -0.15) is 0 Å². The van der Waals surface area contributed by atoms with E-state index in [1.807, 2.05) is 0 Å². The van der Waals surface area contributed by atoms with Gasteiger partial charge in [-0.1, -0.05) is 20.3 Å². The van der Waals surface area contributed by atoms with Gasteiger partial charge in [-0.3, -0.25) is 4.79 Å². The molecule has 0 rings (SSSR count). The van der Waals surface area contributed by atoms with Crippen LogP contribution < -0.4 is 0 Å². The summed E-state index contributed by atoms with van der Waals surface area (Å²) in [4.78, 5) is 12.0. The minimum atomic E-state index is 0.0548. The first-order valence-electron chi connectivity index (χ1n) is 4.54.